The highest BCUT2D eigenvalue weighted by Gasteiger charge is 2.37. The largest absolute Gasteiger partial charge is 0.481 e. The SMILES string of the molecule is CC[C@H](C)[C@H](NC(=O)[C@H](Cc1ccccc1)N(C)C(=O)[C@H](Cc1c[nH]c2ccccc12)NC(=O)[C@H](Cc1ccccc1)NC)C(=O)N[C@@H](CC(=O)O)C(=O)O. The summed E-state index contributed by atoms with van der Waals surface area (Å²) >= 11 is 0. The number of carbonyl (C=O) groups is 6. The van der Waals surface area contributed by atoms with Crippen LogP contribution in [-0.2, 0) is 48.0 Å². The molecule has 1 aromatic heterocycles. The molecule has 0 bridgehead atoms. The van der Waals surface area contributed by atoms with Crippen LogP contribution in [0.1, 0.15) is 43.4 Å². The number of amides is 4. The van der Waals surface area contributed by atoms with Crippen LogP contribution in [0.25, 0.3) is 10.9 Å². The molecule has 292 valence electrons. The van der Waals surface area contributed by atoms with Crippen molar-refractivity contribution < 1.29 is 39.0 Å². The van der Waals surface area contributed by atoms with E-state index in [9.17, 15) is 39.0 Å². The van der Waals surface area contributed by atoms with Crippen molar-refractivity contribution in [1.82, 2.24) is 31.2 Å². The molecule has 0 unspecified atom stereocenters. The Morgan fingerprint density at radius 2 is 1.29 bits per heavy atom. The van der Waals surface area contributed by atoms with Gasteiger partial charge in [-0.2, -0.15) is 0 Å². The smallest absolute Gasteiger partial charge is 0.326 e. The van der Waals surface area contributed by atoms with Crippen molar-refractivity contribution in [1.29, 1.82) is 0 Å². The van der Waals surface area contributed by atoms with Crippen LogP contribution in [0.2, 0.25) is 0 Å². The van der Waals surface area contributed by atoms with E-state index in [1.165, 1.54) is 11.9 Å². The van der Waals surface area contributed by atoms with Gasteiger partial charge in [0.05, 0.1) is 12.5 Å². The molecule has 0 saturated heterocycles. The lowest BCUT2D eigenvalue weighted by molar-refractivity contribution is -0.148. The van der Waals surface area contributed by atoms with Gasteiger partial charge in [0, 0.05) is 37.0 Å². The minimum absolute atomic E-state index is 0.0431. The van der Waals surface area contributed by atoms with E-state index >= 15 is 0 Å². The maximum atomic E-state index is 14.7. The highest BCUT2D eigenvalue weighted by atomic mass is 16.4. The lowest BCUT2D eigenvalue weighted by atomic mass is 9.96. The summed E-state index contributed by atoms with van der Waals surface area (Å²) in [6, 6.07) is 20.1. The highest BCUT2D eigenvalue weighted by molar-refractivity contribution is 5.96. The second kappa shape index (κ2) is 19.9. The third-order valence-corrected chi connectivity index (χ3v) is 9.84. The van der Waals surface area contributed by atoms with Gasteiger partial charge < -0.3 is 41.4 Å². The van der Waals surface area contributed by atoms with Crippen molar-refractivity contribution in [3.8, 4) is 0 Å². The number of carboxylic acid groups (broad SMARTS) is 2. The summed E-state index contributed by atoms with van der Waals surface area (Å²) in [6.45, 7) is 3.48. The fourth-order valence-corrected chi connectivity index (χ4v) is 6.40. The van der Waals surface area contributed by atoms with Crippen LogP contribution in [0.3, 0.4) is 0 Å². The van der Waals surface area contributed by atoms with Gasteiger partial charge in [-0.3, -0.25) is 24.0 Å². The third kappa shape index (κ3) is 11.5. The maximum Gasteiger partial charge on any atom is 0.326 e. The van der Waals surface area contributed by atoms with Crippen molar-refractivity contribution in [2.45, 2.75) is 76.2 Å². The predicted octanol–water partition coefficient (Wildman–Crippen LogP) is 2.67. The zero-order chi connectivity index (χ0) is 40.1. The number of carbonyl (C=O) groups excluding carboxylic acids is 4. The van der Waals surface area contributed by atoms with Gasteiger partial charge in [0.1, 0.15) is 24.2 Å². The molecule has 4 aromatic rings. The summed E-state index contributed by atoms with van der Waals surface area (Å²) in [6.07, 6.45) is 1.83. The van der Waals surface area contributed by atoms with Crippen molar-refractivity contribution in [2.24, 2.45) is 5.92 Å². The van der Waals surface area contributed by atoms with Crippen LogP contribution >= 0.6 is 0 Å². The number of carboxylic acids is 2. The molecule has 0 fully saturated rings. The van der Waals surface area contributed by atoms with Crippen LogP contribution in [-0.4, -0.2) is 100.0 Å². The average Bonchev–Trinajstić information content (AvgIpc) is 3.59. The summed E-state index contributed by atoms with van der Waals surface area (Å²) < 4.78 is 0. The fraction of sp³-hybridized carbons (Fsp3) is 0.366. The van der Waals surface area contributed by atoms with Gasteiger partial charge in [-0.05, 0) is 42.1 Å². The molecule has 14 nitrogen and oxygen atoms in total. The number of hydrogen-bond acceptors (Lipinski definition) is 7. The van der Waals surface area contributed by atoms with Crippen LogP contribution in [0, 0.1) is 5.92 Å². The second-order valence-corrected chi connectivity index (χ2v) is 13.7. The van der Waals surface area contributed by atoms with E-state index in [1.54, 1.807) is 51.4 Å². The number of nitrogens with one attached hydrogen (secondary N) is 5. The lowest BCUT2D eigenvalue weighted by Gasteiger charge is -2.33. The van der Waals surface area contributed by atoms with Crippen molar-refractivity contribution >= 4 is 46.5 Å². The van der Waals surface area contributed by atoms with Crippen molar-refractivity contribution in [3.63, 3.8) is 0 Å². The number of benzene rings is 3. The first-order chi connectivity index (χ1) is 26.3. The molecular formula is C41H50N6O8. The van der Waals surface area contributed by atoms with Crippen LogP contribution < -0.4 is 21.3 Å². The minimum atomic E-state index is -1.73. The number of aliphatic carboxylic acids is 2. The number of hydrogen-bond donors (Lipinski definition) is 7. The van der Waals surface area contributed by atoms with E-state index < -0.39 is 78.1 Å². The molecule has 0 saturated carbocycles. The summed E-state index contributed by atoms with van der Waals surface area (Å²) in [7, 11) is 3.13. The van der Waals surface area contributed by atoms with E-state index in [-0.39, 0.29) is 12.8 Å². The van der Waals surface area contributed by atoms with Gasteiger partial charge in [0.2, 0.25) is 23.6 Å². The summed E-state index contributed by atoms with van der Waals surface area (Å²) in [4.78, 5) is 83.9. The van der Waals surface area contributed by atoms with E-state index in [0.29, 0.717) is 12.8 Å². The van der Waals surface area contributed by atoms with Crippen LogP contribution in [0.4, 0.5) is 0 Å². The zero-order valence-electron chi connectivity index (χ0n) is 31.5. The van der Waals surface area contributed by atoms with Gasteiger partial charge >= 0.3 is 11.9 Å². The van der Waals surface area contributed by atoms with E-state index in [1.807, 2.05) is 60.7 Å². The molecular weight excluding hydrogens is 704 g/mol. The third-order valence-electron chi connectivity index (χ3n) is 9.84. The molecule has 0 radical (unpaired) electrons. The number of nitrogens with zero attached hydrogens (tertiary/aromatic N) is 1. The minimum Gasteiger partial charge on any atom is -0.481 e. The van der Waals surface area contributed by atoms with Gasteiger partial charge in [-0.25, -0.2) is 4.79 Å². The summed E-state index contributed by atoms with van der Waals surface area (Å²) in [5, 5.41) is 30.6. The highest BCUT2D eigenvalue weighted by Crippen LogP contribution is 2.21. The van der Waals surface area contributed by atoms with Gasteiger partial charge in [-0.1, -0.05) is 99.1 Å². The first kappa shape index (κ1) is 41.7. The normalized spacial score (nSPS) is 14.4. The Hall–Kier alpha value is -6.02. The molecule has 1 heterocycles. The summed E-state index contributed by atoms with van der Waals surface area (Å²) in [5.41, 5.74) is 3.27. The van der Waals surface area contributed by atoms with Crippen molar-refractivity contribution in [3.05, 3.63) is 108 Å². The number of aromatic nitrogens is 1. The van der Waals surface area contributed by atoms with Gasteiger partial charge in [-0.15, -0.1) is 0 Å². The Labute approximate surface area is 320 Å². The maximum absolute atomic E-state index is 14.7. The number of fused-ring (bicyclic) bond motifs is 1. The van der Waals surface area contributed by atoms with E-state index in [0.717, 1.165) is 27.6 Å². The predicted molar refractivity (Wildman–Crippen MR) is 207 cm³/mol. The van der Waals surface area contributed by atoms with E-state index in [2.05, 4.69) is 26.3 Å². The molecule has 0 spiro atoms. The standard InChI is InChI=1S/C41H50N6O8/c1-5-25(2)36(39(52)45-33(41(54)55)23-35(48)49)46-38(51)34(21-27-16-10-7-11-17-27)47(4)40(53)32(22-28-24-43-30-19-13-12-18-29(28)30)44-37(50)31(42-3)20-26-14-8-6-9-15-26/h6-19,24-25,31-34,36,42-43H,5,20-23H2,1-4H3,(H,44,50)(H,45,52)(H,46,51)(H,48,49)(H,54,55)/t25-,31-,32-,33-,34-,36-/m0/s1. The first-order valence-corrected chi connectivity index (χ1v) is 18.2. The number of rotatable bonds is 20. The first-order valence-electron chi connectivity index (χ1n) is 18.2. The molecule has 0 aliphatic rings. The van der Waals surface area contributed by atoms with Gasteiger partial charge in [0.25, 0.3) is 0 Å². The lowest BCUT2D eigenvalue weighted by Crippen LogP contribution is -2.60. The average molecular weight is 755 g/mol. The Balaban J connectivity index is 1.67. The second-order valence-electron chi connectivity index (χ2n) is 13.7. The van der Waals surface area contributed by atoms with Crippen LogP contribution in [0.5, 0.6) is 0 Å². The van der Waals surface area contributed by atoms with Crippen LogP contribution in [0.15, 0.2) is 91.1 Å². The van der Waals surface area contributed by atoms with Crippen molar-refractivity contribution in [2.75, 3.05) is 14.1 Å². The quantitative estimate of drug-likeness (QED) is 0.0707. The molecule has 0 aliphatic carbocycles. The zero-order valence-corrected chi connectivity index (χ0v) is 31.5. The summed E-state index contributed by atoms with van der Waals surface area (Å²) in [5.74, 6) is -5.99. The number of para-hydroxylation sites is 1. The molecule has 14 heteroatoms. The van der Waals surface area contributed by atoms with Gasteiger partial charge in [0.15, 0.2) is 0 Å². The Morgan fingerprint density at radius 3 is 1.87 bits per heavy atom. The molecule has 6 atom stereocenters. The number of H-pyrrole nitrogens is 1. The molecule has 4 amide bonds. The monoisotopic (exact) mass is 754 g/mol. The molecule has 4 rings (SSSR count). The fourth-order valence-electron chi connectivity index (χ4n) is 6.40. The Kier molecular flexibility index (Phi) is 15.1. The number of likely N-dealkylation sites (N-methyl/N-ethyl adjacent to an activating group) is 2. The molecule has 7 N–H and O–H groups in total. The molecule has 55 heavy (non-hydrogen) atoms. The topological polar surface area (TPSA) is 210 Å². The molecule has 0 aliphatic heterocycles. The Morgan fingerprint density at radius 1 is 0.709 bits per heavy atom. The molecule has 3 aromatic carbocycles. The Bertz CT molecular complexity index is 1930. The van der Waals surface area contributed by atoms with E-state index in [4.69, 9.17) is 0 Å². The number of aromatic amines is 1.